The Bertz CT molecular complexity index is 590. The highest BCUT2D eigenvalue weighted by atomic mass is 16.6. The van der Waals surface area contributed by atoms with Gasteiger partial charge in [-0.25, -0.2) is 0 Å². The maximum atomic E-state index is 12.9. The molecule has 2 fully saturated rings. The molecule has 3 aliphatic heterocycles. The average molecular weight is 330 g/mol. The summed E-state index contributed by atoms with van der Waals surface area (Å²) in [6.07, 6.45) is 4.83. The lowest BCUT2D eigenvalue weighted by molar-refractivity contribution is 0.0633. The standard InChI is InChI=1S/C19H26N2O3/c22-19(16-2-1-3-17-18(16)24-13-12-23-17)21-10-6-15(7-11-21)14-4-8-20-9-5-14/h1-3,14-15,20H,4-13H2. The number of hydrogen-bond acceptors (Lipinski definition) is 4. The van der Waals surface area contributed by atoms with Crippen LogP contribution in [0.2, 0.25) is 0 Å². The van der Waals surface area contributed by atoms with Gasteiger partial charge in [-0.15, -0.1) is 0 Å². The van der Waals surface area contributed by atoms with Crippen molar-refractivity contribution >= 4 is 5.91 Å². The van der Waals surface area contributed by atoms with Crippen molar-refractivity contribution in [1.29, 1.82) is 0 Å². The van der Waals surface area contributed by atoms with Gasteiger partial charge in [0, 0.05) is 13.1 Å². The van der Waals surface area contributed by atoms with Crippen LogP contribution in [0.1, 0.15) is 36.0 Å². The van der Waals surface area contributed by atoms with Gasteiger partial charge in [0.2, 0.25) is 0 Å². The molecular formula is C19H26N2O3. The maximum absolute atomic E-state index is 12.9. The van der Waals surface area contributed by atoms with Crippen molar-refractivity contribution in [2.75, 3.05) is 39.4 Å². The number of amides is 1. The third-order valence-corrected chi connectivity index (χ3v) is 5.67. The summed E-state index contributed by atoms with van der Waals surface area (Å²) in [5, 5.41) is 3.44. The summed E-state index contributed by atoms with van der Waals surface area (Å²) >= 11 is 0. The number of para-hydroxylation sites is 1. The second-order valence-electron chi connectivity index (χ2n) is 7.05. The molecule has 5 nitrogen and oxygen atoms in total. The number of carbonyl (C=O) groups excluding carboxylic acids is 1. The van der Waals surface area contributed by atoms with Crippen LogP contribution in [0.5, 0.6) is 11.5 Å². The van der Waals surface area contributed by atoms with Crippen LogP contribution in [-0.4, -0.2) is 50.2 Å². The third kappa shape index (κ3) is 3.09. The first-order valence-electron chi connectivity index (χ1n) is 9.21. The number of nitrogens with zero attached hydrogens (tertiary/aromatic N) is 1. The highest BCUT2D eigenvalue weighted by Crippen LogP contribution is 2.36. The zero-order chi connectivity index (χ0) is 16.4. The number of piperidine rings is 2. The number of ether oxygens (including phenoxy) is 2. The average Bonchev–Trinajstić information content (AvgIpc) is 2.68. The van der Waals surface area contributed by atoms with Gasteiger partial charge in [-0.2, -0.15) is 0 Å². The van der Waals surface area contributed by atoms with E-state index in [0.717, 1.165) is 50.9 Å². The van der Waals surface area contributed by atoms with Crippen molar-refractivity contribution in [3.05, 3.63) is 23.8 Å². The van der Waals surface area contributed by atoms with Gasteiger partial charge in [0.25, 0.3) is 5.91 Å². The molecule has 0 radical (unpaired) electrons. The second kappa shape index (κ2) is 7.01. The zero-order valence-corrected chi connectivity index (χ0v) is 14.1. The maximum Gasteiger partial charge on any atom is 0.257 e. The molecule has 1 N–H and O–H groups in total. The van der Waals surface area contributed by atoms with E-state index in [-0.39, 0.29) is 5.91 Å². The van der Waals surface area contributed by atoms with Crippen LogP contribution in [0.3, 0.4) is 0 Å². The van der Waals surface area contributed by atoms with Crippen LogP contribution >= 0.6 is 0 Å². The molecule has 1 aromatic rings. The number of fused-ring (bicyclic) bond motifs is 1. The van der Waals surface area contributed by atoms with Gasteiger partial charge in [-0.05, 0) is 62.7 Å². The van der Waals surface area contributed by atoms with Crippen LogP contribution in [0.25, 0.3) is 0 Å². The Kier molecular flexibility index (Phi) is 4.60. The van der Waals surface area contributed by atoms with E-state index in [0.29, 0.717) is 30.3 Å². The van der Waals surface area contributed by atoms with Gasteiger partial charge in [-0.1, -0.05) is 6.07 Å². The van der Waals surface area contributed by atoms with Gasteiger partial charge >= 0.3 is 0 Å². The Morgan fingerprint density at radius 1 is 1.00 bits per heavy atom. The van der Waals surface area contributed by atoms with Crippen LogP contribution in [0.4, 0.5) is 0 Å². The van der Waals surface area contributed by atoms with Crippen molar-refractivity contribution < 1.29 is 14.3 Å². The van der Waals surface area contributed by atoms with Crippen molar-refractivity contribution in [2.24, 2.45) is 11.8 Å². The van der Waals surface area contributed by atoms with Gasteiger partial charge in [-0.3, -0.25) is 4.79 Å². The van der Waals surface area contributed by atoms with Crippen molar-refractivity contribution in [2.45, 2.75) is 25.7 Å². The lowest BCUT2D eigenvalue weighted by Crippen LogP contribution is -2.42. The van der Waals surface area contributed by atoms with Crippen LogP contribution in [0, 0.1) is 11.8 Å². The number of likely N-dealkylation sites (tertiary alicyclic amines) is 1. The van der Waals surface area contributed by atoms with Gasteiger partial charge < -0.3 is 19.7 Å². The molecule has 0 aromatic heterocycles. The van der Waals surface area contributed by atoms with Crippen LogP contribution in [0.15, 0.2) is 18.2 Å². The fourth-order valence-corrected chi connectivity index (χ4v) is 4.30. The molecule has 130 valence electrons. The first-order valence-corrected chi connectivity index (χ1v) is 9.21. The van der Waals surface area contributed by atoms with Gasteiger partial charge in [0.05, 0.1) is 5.56 Å². The predicted molar refractivity (Wildman–Crippen MR) is 91.7 cm³/mol. The lowest BCUT2D eigenvalue weighted by Gasteiger charge is -2.38. The fraction of sp³-hybridized carbons (Fsp3) is 0.632. The summed E-state index contributed by atoms with van der Waals surface area (Å²) in [4.78, 5) is 14.9. The predicted octanol–water partition coefficient (Wildman–Crippen LogP) is 2.31. The monoisotopic (exact) mass is 330 g/mol. The zero-order valence-electron chi connectivity index (χ0n) is 14.1. The molecule has 1 aromatic carbocycles. The highest BCUT2D eigenvalue weighted by molar-refractivity contribution is 5.98. The molecule has 0 spiro atoms. The van der Waals surface area contributed by atoms with E-state index in [9.17, 15) is 4.79 Å². The van der Waals surface area contributed by atoms with Crippen molar-refractivity contribution in [3.8, 4) is 11.5 Å². The summed E-state index contributed by atoms with van der Waals surface area (Å²) < 4.78 is 11.3. The van der Waals surface area contributed by atoms with E-state index in [1.165, 1.54) is 12.8 Å². The first kappa shape index (κ1) is 15.8. The topological polar surface area (TPSA) is 50.8 Å². The molecule has 2 saturated heterocycles. The summed E-state index contributed by atoms with van der Waals surface area (Å²) in [6, 6.07) is 5.60. The second-order valence-corrected chi connectivity index (χ2v) is 7.05. The molecule has 4 rings (SSSR count). The molecule has 5 heteroatoms. The SMILES string of the molecule is O=C(c1cccc2c1OCCO2)N1CCC(C2CCNCC2)CC1. The Balaban J connectivity index is 1.41. The van der Waals surface area contributed by atoms with Gasteiger partial charge in [0.1, 0.15) is 13.2 Å². The fourth-order valence-electron chi connectivity index (χ4n) is 4.30. The number of benzene rings is 1. The van der Waals surface area contributed by atoms with E-state index in [1.807, 2.05) is 23.1 Å². The Labute approximate surface area is 143 Å². The van der Waals surface area contributed by atoms with E-state index >= 15 is 0 Å². The number of hydrogen-bond donors (Lipinski definition) is 1. The molecule has 1 amide bonds. The van der Waals surface area contributed by atoms with Crippen LogP contribution < -0.4 is 14.8 Å². The molecule has 3 aliphatic rings. The number of rotatable bonds is 2. The highest BCUT2D eigenvalue weighted by Gasteiger charge is 2.31. The largest absolute Gasteiger partial charge is 0.486 e. The number of carbonyl (C=O) groups is 1. The molecule has 0 unspecified atom stereocenters. The summed E-state index contributed by atoms with van der Waals surface area (Å²) in [7, 11) is 0. The minimum absolute atomic E-state index is 0.0844. The lowest BCUT2D eigenvalue weighted by atomic mass is 9.79. The minimum Gasteiger partial charge on any atom is -0.486 e. The quantitative estimate of drug-likeness (QED) is 0.904. The molecule has 0 bridgehead atoms. The molecular weight excluding hydrogens is 304 g/mol. The van der Waals surface area contributed by atoms with Crippen LogP contribution in [-0.2, 0) is 0 Å². The normalized spacial score (nSPS) is 22.4. The molecule has 0 aliphatic carbocycles. The van der Waals surface area contributed by atoms with Crippen molar-refractivity contribution in [1.82, 2.24) is 10.2 Å². The Morgan fingerprint density at radius 3 is 2.50 bits per heavy atom. The minimum atomic E-state index is 0.0844. The molecule has 0 saturated carbocycles. The van der Waals surface area contributed by atoms with Gasteiger partial charge in [0.15, 0.2) is 11.5 Å². The number of nitrogens with one attached hydrogen (secondary N) is 1. The van der Waals surface area contributed by atoms with E-state index < -0.39 is 0 Å². The molecule has 3 heterocycles. The smallest absolute Gasteiger partial charge is 0.257 e. The van der Waals surface area contributed by atoms with E-state index in [4.69, 9.17) is 9.47 Å². The summed E-state index contributed by atoms with van der Waals surface area (Å²) in [6.45, 7) is 5.08. The van der Waals surface area contributed by atoms with Crippen molar-refractivity contribution in [3.63, 3.8) is 0 Å². The molecule has 24 heavy (non-hydrogen) atoms. The Hall–Kier alpha value is -1.75. The Morgan fingerprint density at radius 2 is 1.71 bits per heavy atom. The summed E-state index contributed by atoms with van der Waals surface area (Å²) in [5.41, 5.74) is 0.646. The summed E-state index contributed by atoms with van der Waals surface area (Å²) in [5.74, 6) is 3.01. The third-order valence-electron chi connectivity index (χ3n) is 5.67. The van der Waals surface area contributed by atoms with E-state index in [2.05, 4.69) is 5.32 Å². The van der Waals surface area contributed by atoms with E-state index in [1.54, 1.807) is 0 Å². The first-order chi connectivity index (χ1) is 11.8. The molecule has 0 atom stereocenters.